The van der Waals surface area contributed by atoms with Crippen molar-refractivity contribution in [1.29, 1.82) is 0 Å². The first kappa shape index (κ1) is 23.5. The van der Waals surface area contributed by atoms with Gasteiger partial charge in [-0.3, -0.25) is 4.79 Å². The van der Waals surface area contributed by atoms with Crippen molar-refractivity contribution in [1.82, 2.24) is 0 Å². The molecule has 4 saturated carbocycles. The second kappa shape index (κ2) is 9.52. The van der Waals surface area contributed by atoms with Crippen LogP contribution in [0.4, 0.5) is 0 Å². The lowest BCUT2D eigenvalue weighted by Gasteiger charge is -2.56. The minimum atomic E-state index is -0.855. The van der Waals surface area contributed by atoms with Crippen LogP contribution in [0.15, 0.2) is 11.1 Å². The molecule has 0 spiro atoms. The van der Waals surface area contributed by atoms with Gasteiger partial charge in [0.2, 0.25) is 0 Å². The number of carbonyl (C=O) groups is 1. The van der Waals surface area contributed by atoms with Crippen LogP contribution in [0.1, 0.15) is 71.6 Å². The van der Waals surface area contributed by atoms with Gasteiger partial charge in [0, 0.05) is 22.4 Å². The van der Waals surface area contributed by atoms with Gasteiger partial charge >= 0.3 is 0 Å². The van der Waals surface area contributed by atoms with Crippen LogP contribution < -0.4 is 0 Å². The number of ketones is 1. The molecule has 0 aromatic rings. The molecule has 0 aromatic heterocycles. The zero-order valence-corrected chi connectivity index (χ0v) is 19.7. The fourth-order valence-corrected chi connectivity index (χ4v) is 7.92. The minimum absolute atomic E-state index is 0.249. The molecule has 0 bridgehead atoms. The molecule has 4 rings (SSSR count). The zero-order valence-electron chi connectivity index (χ0n) is 17.5. The summed E-state index contributed by atoms with van der Waals surface area (Å²) in [5.74, 6) is 7.27. The standard InChI is InChI=1S/C22H31ClO2.C2H2Cl2/c1-14(24)19-5-6-20-18-4-3-15-13-22(25,11-12-23)10-8-16(15)17(18)7-9-21(19,20)2;3-1-2-4/h15-20,25H,3-10,13H2,1-2H3;1-2H/t15?,16-,17?,18?,19+,20?,21+,22-;/m0./s1. The molecular weight excluding hydrogens is 427 g/mol. The molecule has 0 aromatic carbocycles. The molecule has 5 heteroatoms. The second-order valence-electron chi connectivity index (χ2n) is 9.97. The second-order valence-corrected chi connectivity index (χ2v) is 10.7. The van der Waals surface area contributed by atoms with E-state index in [0.29, 0.717) is 17.6 Å². The number of Topliss-reactive ketones (excluding diaryl/α,β-unsaturated/α-hetero) is 1. The van der Waals surface area contributed by atoms with Gasteiger partial charge in [-0.1, -0.05) is 36.0 Å². The molecule has 0 amide bonds. The lowest BCUT2D eigenvalue weighted by atomic mass is 9.49. The van der Waals surface area contributed by atoms with E-state index in [1.807, 2.05) is 0 Å². The summed E-state index contributed by atoms with van der Waals surface area (Å²) in [7, 11) is 0. The first-order chi connectivity index (χ1) is 13.8. The maximum Gasteiger partial charge on any atom is 0.133 e. The highest BCUT2D eigenvalue weighted by molar-refractivity contribution is 6.33. The first-order valence-electron chi connectivity index (χ1n) is 11.0. The molecule has 4 unspecified atom stereocenters. The molecule has 162 valence electrons. The summed E-state index contributed by atoms with van der Waals surface area (Å²) in [6.45, 7) is 4.22. The van der Waals surface area contributed by atoms with E-state index in [-0.39, 0.29) is 5.41 Å². The Hall–Kier alpha value is -0.200. The van der Waals surface area contributed by atoms with Crippen molar-refractivity contribution in [2.45, 2.75) is 77.2 Å². The Morgan fingerprint density at radius 3 is 2.31 bits per heavy atom. The molecule has 0 saturated heterocycles. The monoisotopic (exact) mass is 458 g/mol. The highest BCUT2D eigenvalue weighted by atomic mass is 35.5. The van der Waals surface area contributed by atoms with Crippen LogP contribution >= 0.6 is 34.8 Å². The Kier molecular flexibility index (Phi) is 7.70. The Morgan fingerprint density at radius 1 is 1.00 bits per heavy atom. The maximum absolute atomic E-state index is 12.2. The molecular formula is C24H33Cl3O2. The number of carbonyl (C=O) groups excluding carboxylic acids is 1. The Balaban J connectivity index is 0.000000552. The normalized spacial score (nSPS) is 45.7. The number of halogens is 3. The van der Waals surface area contributed by atoms with Gasteiger partial charge in [-0.2, -0.15) is 0 Å². The maximum atomic E-state index is 12.2. The van der Waals surface area contributed by atoms with Crippen LogP contribution in [0.25, 0.3) is 0 Å². The van der Waals surface area contributed by atoms with Gasteiger partial charge in [0.05, 0.1) is 0 Å². The van der Waals surface area contributed by atoms with Crippen LogP contribution in [0, 0.1) is 52.2 Å². The highest BCUT2D eigenvalue weighted by Crippen LogP contribution is 2.64. The Labute approximate surface area is 190 Å². The fourth-order valence-electron chi connectivity index (χ4n) is 7.75. The molecule has 2 nitrogen and oxygen atoms in total. The summed E-state index contributed by atoms with van der Waals surface area (Å²) in [6.07, 6.45) is 10.0. The van der Waals surface area contributed by atoms with E-state index in [4.69, 9.17) is 34.8 Å². The average Bonchev–Trinajstić information content (AvgIpc) is 3.05. The topological polar surface area (TPSA) is 37.3 Å². The lowest BCUT2D eigenvalue weighted by Crippen LogP contribution is -2.51. The Morgan fingerprint density at radius 2 is 1.69 bits per heavy atom. The van der Waals surface area contributed by atoms with Gasteiger partial charge in [-0.25, -0.2) is 0 Å². The summed E-state index contributed by atoms with van der Waals surface area (Å²) in [5.41, 5.74) is 1.87. The van der Waals surface area contributed by atoms with Crippen molar-refractivity contribution in [3.05, 3.63) is 11.1 Å². The fraction of sp³-hybridized carbons (Fsp3) is 0.792. The quantitative estimate of drug-likeness (QED) is 0.442. The first-order valence-corrected chi connectivity index (χ1v) is 12.3. The van der Waals surface area contributed by atoms with Crippen LogP contribution in [0.5, 0.6) is 0 Å². The predicted molar refractivity (Wildman–Crippen MR) is 121 cm³/mol. The third kappa shape index (κ3) is 4.55. The van der Waals surface area contributed by atoms with E-state index in [1.165, 1.54) is 43.2 Å². The summed E-state index contributed by atoms with van der Waals surface area (Å²) in [4.78, 5) is 12.2. The van der Waals surface area contributed by atoms with Gasteiger partial charge in [-0.15, -0.1) is 0 Å². The molecule has 8 atom stereocenters. The smallest absolute Gasteiger partial charge is 0.133 e. The predicted octanol–water partition coefficient (Wildman–Crippen LogP) is 6.71. The van der Waals surface area contributed by atoms with E-state index in [2.05, 4.69) is 18.2 Å². The van der Waals surface area contributed by atoms with Gasteiger partial charge in [0.15, 0.2) is 0 Å². The van der Waals surface area contributed by atoms with Gasteiger partial charge in [0.1, 0.15) is 11.4 Å². The largest absolute Gasteiger partial charge is 0.378 e. The van der Waals surface area contributed by atoms with Gasteiger partial charge in [-0.05, 0) is 111 Å². The summed E-state index contributed by atoms with van der Waals surface area (Å²) >= 11 is 15.3. The van der Waals surface area contributed by atoms with Gasteiger partial charge in [0.25, 0.3) is 0 Å². The summed E-state index contributed by atoms with van der Waals surface area (Å²) < 4.78 is 0. The van der Waals surface area contributed by atoms with E-state index in [0.717, 1.165) is 49.4 Å². The van der Waals surface area contributed by atoms with Crippen molar-refractivity contribution in [2.75, 3.05) is 0 Å². The minimum Gasteiger partial charge on any atom is -0.378 e. The number of hydrogen-bond donors (Lipinski definition) is 1. The number of hydrogen-bond acceptors (Lipinski definition) is 2. The van der Waals surface area contributed by atoms with E-state index in [1.54, 1.807) is 6.92 Å². The summed E-state index contributed by atoms with van der Waals surface area (Å²) in [6, 6.07) is 0. The van der Waals surface area contributed by atoms with Crippen LogP contribution in [-0.2, 0) is 4.79 Å². The number of fused-ring (bicyclic) bond motifs is 5. The number of rotatable bonds is 1. The van der Waals surface area contributed by atoms with Crippen LogP contribution in [0.2, 0.25) is 0 Å². The van der Waals surface area contributed by atoms with Crippen LogP contribution in [0.3, 0.4) is 0 Å². The van der Waals surface area contributed by atoms with Crippen molar-refractivity contribution < 1.29 is 9.90 Å². The Bertz CT molecular complexity index is 692. The molecule has 4 aliphatic carbocycles. The van der Waals surface area contributed by atoms with Crippen molar-refractivity contribution in [2.24, 2.45) is 40.9 Å². The van der Waals surface area contributed by atoms with Crippen LogP contribution in [-0.4, -0.2) is 16.5 Å². The molecule has 4 aliphatic rings. The van der Waals surface area contributed by atoms with E-state index in [9.17, 15) is 9.90 Å². The van der Waals surface area contributed by atoms with Crippen molar-refractivity contribution >= 4 is 40.6 Å². The molecule has 1 N–H and O–H groups in total. The molecule has 0 heterocycles. The third-order valence-corrected chi connectivity index (χ3v) is 9.30. The lowest BCUT2D eigenvalue weighted by molar-refractivity contribution is -0.129. The molecule has 4 fully saturated rings. The van der Waals surface area contributed by atoms with E-state index >= 15 is 0 Å². The molecule has 0 radical (unpaired) electrons. The molecule has 0 aliphatic heterocycles. The number of aliphatic hydroxyl groups is 1. The summed E-state index contributed by atoms with van der Waals surface area (Å²) in [5, 5.41) is 13.1. The molecule has 29 heavy (non-hydrogen) atoms. The average molecular weight is 460 g/mol. The SMILES string of the molecule is CC(=O)[C@H]1CCC2C3CCC4C[C@@](O)(C#CCl)CC[C@@H]4C3CC[C@@]21C.ClC=CCl. The van der Waals surface area contributed by atoms with Crippen molar-refractivity contribution in [3.63, 3.8) is 0 Å². The highest BCUT2D eigenvalue weighted by Gasteiger charge is 2.58. The zero-order chi connectivity index (χ0) is 21.2. The van der Waals surface area contributed by atoms with Crippen molar-refractivity contribution in [3.8, 4) is 11.3 Å². The van der Waals surface area contributed by atoms with Gasteiger partial charge < -0.3 is 5.11 Å². The van der Waals surface area contributed by atoms with E-state index < -0.39 is 5.60 Å². The third-order valence-electron chi connectivity index (χ3n) is 8.83.